The zero-order valence-electron chi connectivity index (χ0n) is 13.2. The Balaban J connectivity index is 2.65. The van der Waals surface area contributed by atoms with Crippen LogP contribution in [0.5, 0.6) is 0 Å². The maximum Gasteiger partial charge on any atom is 0.238 e. The molecule has 0 aliphatic carbocycles. The van der Waals surface area contributed by atoms with E-state index in [2.05, 4.69) is 41.5 Å². The van der Waals surface area contributed by atoms with Gasteiger partial charge in [0.25, 0.3) is 0 Å². The van der Waals surface area contributed by atoms with Crippen molar-refractivity contribution in [1.82, 2.24) is 4.31 Å². The molecule has 0 bridgehead atoms. The zero-order valence-corrected chi connectivity index (χ0v) is 14.0. The van der Waals surface area contributed by atoms with Crippen LogP contribution in [0, 0.1) is 10.8 Å². The van der Waals surface area contributed by atoms with Crippen LogP contribution < -0.4 is 0 Å². The summed E-state index contributed by atoms with van der Waals surface area (Å²) in [6.45, 7) is 13.9. The van der Waals surface area contributed by atoms with Crippen LogP contribution in [0.2, 0.25) is 0 Å². The summed E-state index contributed by atoms with van der Waals surface area (Å²) in [7, 11) is -3.22. The number of ether oxygens (including phenoxy) is 1. The third-order valence-electron chi connectivity index (χ3n) is 3.20. The van der Waals surface area contributed by atoms with E-state index in [-0.39, 0.29) is 22.9 Å². The Labute approximate surface area is 118 Å². The average molecular weight is 291 g/mol. The van der Waals surface area contributed by atoms with Gasteiger partial charge >= 0.3 is 0 Å². The molecule has 5 heteroatoms. The van der Waals surface area contributed by atoms with Gasteiger partial charge in [-0.1, -0.05) is 41.5 Å². The van der Waals surface area contributed by atoms with Gasteiger partial charge in [-0.2, -0.15) is 4.31 Å². The molecule has 4 nitrogen and oxygen atoms in total. The Morgan fingerprint density at radius 2 is 1.68 bits per heavy atom. The highest BCUT2D eigenvalue weighted by molar-refractivity contribution is 7.88. The van der Waals surface area contributed by atoms with Gasteiger partial charge in [-0.15, -0.1) is 0 Å². The SMILES string of the molecule is CC(C)(C)CCN1CC(CC(C)(C)C)OCS1(=O)=O. The van der Waals surface area contributed by atoms with Gasteiger partial charge in [-0.05, 0) is 23.7 Å². The fourth-order valence-corrected chi connectivity index (χ4v) is 3.42. The van der Waals surface area contributed by atoms with Crippen molar-refractivity contribution in [2.75, 3.05) is 19.0 Å². The Morgan fingerprint density at radius 3 is 2.16 bits per heavy atom. The molecule has 1 unspecified atom stereocenters. The monoisotopic (exact) mass is 291 g/mol. The third-order valence-corrected chi connectivity index (χ3v) is 4.76. The van der Waals surface area contributed by atoms with Crippen molar-refractivity contribution in [1.29, 1.82) is 0 Å². The van der Waals surface area contributed by atoms with E-state index in [1.807, 2.05) is 0 Å². The molecular formula is C14H29NO3S. The molecule has 0 amide bonds. The second-order valence-electron chi connectivity index (χ2n) is 7.95. The Morgan fingerprint density at radius 1 is 1.11 bits per heavy atom. The van der Waals surface area contributed by atoms with E-state index in [1.54, 1.807) is 4.31 Å². The molecule has 1 rings (SSSR count). The van der Waals surface area contributed by atoms with Crippen LogP contribution in [0.15, 0.2) is 0 Å². The normalized spacial score (nSPS) is 25.5. The number of hydrogen-bond acceptors (Lipinski definition) is 3. The molecule has 1 fully saturated rings. The van der Waals surface area contributed by atoms with Crippen molar-refractivity contribution in [3.8, 4) is 0 Å². The van der Waals surface area contributed by atoms with E-state index in [0.29, 0.717) is 13.1 Å². The van der Waals surface area contributed by atoms with Gasteiger partial charge in [0.1, 0.15) is 0 Å². The van der Waals surface area contributed by atoms with Crippen LogP contribution in [0.1, 0.15) is 54.4 Å². The van der Waals surface area contributed by atoms with Gasteiger partial charge in [0.05, 0.1) is 6.10 Å². The van der Waals surface area contributed by atoms with E-state index in [4.69, 9.17) is 4.74 Å². The second-order valence-corrected chi connectivity index (χ2v) is 9.87. The number of sulfonamides is 1. The van der Waals surface area contributed by atoms with Crippen LogP contribution in [-0.4, -0.2) is 37.9 Å². The van der Waals surface area contributed by atoms with Gasteiger partial charge in [-0.25, -0.2) is 8.42 Å². The maximum absolute atomic E-state index is 12.0. The molecule has 0 aromatic carbocycles. The third kappa shape index (κ3) is 6.23. The first-order valence-electron chi connectivity index (χ1n) is 6.99. The minimum Gasteiger partial charge on any atom is -0.359 e. The van der Waals surface area contributed by atoms with Crippen LogP contribution in [0.4, 0.5) is 0 Å². The van der Waals surface area contributed by atoms with Gasteiger partial charge in [0.2, 0.25) is 10.0 Å². The van der Waals surface area contributed by atoms with E-state index < -0.39 is 10.0 Å². The van der Waals surface area contributed by atoms with E-state index in [9.17, 15) is 8.42 Å². The van der Waals surface area contributed by atoms with Gasteiger partial charge in [0.15, 0.2) is 5.94 Å². The van der Waals surface area contributed by atoms with Crippen molar-refractivity contribution in [3.05, 3.63) is 0 Å². The van der Waals surface area contributed by atoms with Gasteiger partial charge < -0.3 is 4.74 Å². The standard InChI is InChI=1S/C14H29NO3S/c1-13(2,3)7-8-15-10-12(9-14(4,5)6)18-11-19(15,16)17/h12H,7-11H2,1-6H3. The molecule has 19 heavy (non-hydrogen) atoms. The van der Waals surface area contributed by atoms with Crippen LogP contribution in [-0.2, 0) is 14.8 Å². The lowest BCUT2D eigenvalue weighted by Gasteiger charge is -2.36. The fraction of sp³-hybridized carbons (Fsp3) is 1.00. The second kappa shape index (κ2) is 5.70. The molecule has 114 valence electrons. The van der Waals surface area contributed by atoms with E-state index in [0.717, 1.165) is 12.8 Å². The number of hydrogen-bond donors (Lipinski definition) is 0. The summed E-state index contributed by atoms with van der Waals surface area (Å²) in [6.07, 6.45) is 1.77. The van der Waals surface area contributed by atoms with Crippen LogP contribution in [0.3, 0.4) is 0 Å². The van der Waals surface area contributed by atoms with Crippen molar-refractivity contribution >= 4 is 10.0 Å². The zero-order chi connectivity index (χ0) is 14.9. The first-order chi connectivity index (χ1) is 8.39. The molecule has 0 N–H and O–H groups in total. The highest BCUT2D eigenvalue weighted by Crippen LogP contribution is 2.27. The lowest BCUT2D eigenvalue weighted by Crippen LogP contribution is -2.48. The summed E-state index contributed by atoms with van der Waals surface area (Å²) < 4.78 is 31.1. The first kappa shape index (κ1) is 16.9. The predicted octanol–water partition coefficient (Wildman–Crippen LogP) is 2.85. The van der Waals surface area contributed by atoms with Crippen molar-refractivity contribution < 1.29 is 13.2 Å². The maximum atomic E-state index is 12.0. The summed E-state index contributed by atoms with van der Waals surface area (Å²) in [4.78, 5) is 0. The largest absolute Gasteiger partial charge is 0.359 e. The highest BCUT2D eigenvalue weighted by Gasteiger charge is 2.34. The summed E-state index contributed by atoms with van der Waals surface area (Å²) in [5.74, 6) is -0.169. The Kier molecular flexibility index (Phi) is 5.08. The molecule has 1 aliphatic rings. The lowest BCUT2D eigenvalue weighted by atomic mass is 9.89. The molecule has 0 spiro atoms. The van der Waals surface area contributed by atoms with Crippen molar-refractivity contribution in [3.63, 3.8) is 0 Å². The molecule has 0 aromatic heterocycles. The molecule has 1 saturated heterocycles. The minimum atomic E-state index is -3.22. The number of nitrogens with zero attached hydrogens (tertiary/aromatic N) is 1. The highest BCUT2D eigenvalue weighted by atomic mass is 32.2. The quantitative estimate of drug-likeness (QED) is 0.803. The number of rotatable bonds is 3. The fourth-order valence-electron chi connectivity index (χ4n) is 2.15. The summed E-state index contributed by atoms with van der Waals surface area (Å²) in [5, 5.41) is 0. The van der Waals surface area contributed by atoms with Crippen LogP contribution in [0.25, 0.3) is 0 Å². The van der Waals surface area contributed by atoms with Gasteiger partial charge in [-0.3, -0.25) is 0 Å². The van der Waals surface area contributed by atoms with Gasteiger partial charge in [0, 0.05) is 13.1 Å². The molecule has 0 radical (unpaired) electrons. The van der Waals surface area contributed by atoms with Crippen LogP contribution >= 0.6 is 0 Å². The predicted molar refractivity (Wildman–Crippen MR) is 78.4 cm³/mol. The average Bonchev–Trinajstić information content (AvgIpc) is 2.15. The smallest absolute Gasteiger partial charge is 0.238 e. The molecule has 0 saturated carbocycles. The molecule has 1 heterocycles. The Bertz CT molecular complexity index is 390. The molecular weight excluding hydrogens is 262 g/mol. The van der Waals surface area contributed by atoms with Crippen molar-refractivity contribution in [2.45, 2.75) is 60.5 Å². The summed E-state index contributed by atoms with van der Waals surface area (Å²) in [6, 6.07) is 0. The molecule has 0 aromatic rings. The topological polar surface area (TPSA) is 46.6 Å². The minimum absolute atomic E-state index is 0.0171. The molecule has 1 atom stereocenters. The Hall–Kier alpha value is -0.130. The van der Waals surface area contributed by atoms with E-state index in [1.165, 1.54) is 0 Å². The summed E-state index contributed by atoms with van der Waals surface area (Å²) >= 11 is 0. The summed E-state index contributed by atoms with van der Waals surface area (Å²) in [5.41, 5.74) is 0.300. The first-order valence-corrected chi connectivity index (χ1v) is 8.59. The molecule has 1 aliphatic heterocycles. The van der Waals surface area contributed by atoms with E-state index >= 15 is 0 Å². The van der Waals surface area contributed by atoms with Crippen molar-refractivity contribution in [2.24, 2.45) is 10.8 Å². The lowest BCUT2D eigenvalue weighted by molar-refractivity contribution is 0.0197.